The van der Waals surface area contributed by atoms with Gasteiger partial charge in [0.2, 0.25) is 0 Å². The minimum atomic E-state index is 0.779. The second-order valence-corrected chi connectivity index (χ2v) is 6.56. The molecule has 0 radical (unpaired) electrons. The molecule has 0 aromatic rings. The van der Waals surface area contributed by atoms with Crippen LogP contribution in [-0.4, -0.2) is 37.1 Å². The zero-order valence-electron chi connectivity index (χ0n) is 11.9. The predicted molar refractivity (Wildman–Crippen MR) is 74.2 cm³/mol. The van der Waals surface area contributed by atoms with Crippen LogP contribution < -0.4 is 5.32 Å². The molecule has 2 rings (SSSR count). The van der Waals surface area contributed by atoms with Crippen molar-refractivity contribution < 1.29 is 0 Å². The second-order valence-electron chi connectivity index (χ2n) is 6.56. The Morgan fingerprint density at radius 2 is 1.82 bits per heavy atom. The van der Waals surface area contributed by atoms with Gasteiger partial charge in [-0.05, 0) is 57.7 Å². The van der Waals surface area contributed by atoms with Crippen LogP contribution in [0.2, 0.25) is 0 Å². The Hall–Kier alpha value is -0.0800. The Bertz CT molecular complexity index is 221. The van der Waals surface area contributed by atoms with Gasteiger partial charge in [-0.1, -0.05) is 26.7 Å². The van der Waals surface area contributed by atoms with E-state index in [0.717, 1.165) is 23.9 Å². The second kappa shape index (κ2) is 6.19. The average molecular weight is 238 g/mol. The molecule has 2 atom stereocenters. The lowest BCUT2D eigenvalue weighted by Gasteiger charge is -2.45. The number of nitrogens with one attached hydrogen (secondary N) is 1. The van der Waals surface area contributed by atoms with E-state index < -0.39 is 0 Å². The molecule has 0 heterocycles. The molecule has 2 nitrogen and oxygen atoms in total. The fraction of sp³-hybridized carbons (Fsp3) is 1.00. The Balaban J connectivity index is 1.70. The molecular weight excluding hydrogens is 208 g/mol. The number of rotatable bonds is 6. The van der Waals surface area contributed by atoms with Crippen LogP contribution in [0.4, 0.5) is 0 Å². The predicted octanol–water partition coefficient (Wildman–Crippen LogP) is 2.89. The fourth-order valence-electron chi connectivity index (χ4n) is 3.47. The smallest absolute Gasteiger partial charge is 0.0136 e. The molecule has 0 amide bonds. The minimum Gasteiger partial charge on any atom is -0.316 e. The zero-order chi connectivity index (χ0) is 12.3. The molecule has 0 spiro atoms. The lowest BCUT2D eigenvalue weighted by molar-refractivity contribution is 0.0513. The fourth-order valence-corrected chi connectivity index (χ4v) is 3.47. The first-order chi connectivity index (χ1) is 8.18. The highest BCUT2D eigenvalue weighted by molar-refractivity contribution is 4.92. The Morgan fingerprint density at radius 3 is 2.35 bits per heavy atom. The highest BCUT2D eigenvalue weighted by Crippen LogP contribution is 2.35. The molecular formula is C15H30N2. The first-order valence-electron chi connectivity index (χ1n) is 7.61. The molecule has 2 saturated carbocycles. The third-order valence-electron chi connectivity index (χ3n) is 4.76. The van der Waals surface area contributed by atoms with Crippen LogP contribution in [0.1, 0.15) is 52.4 Å². The van der Waals surface area contributed by atoms with Gasteiger partial charge < -0.3 is 10.2 Å². The molecule has 2 heteroatoms. The van der Waals surface area contributed by atoms with Gasteiger partial charge >= 0.3 is 0 Å². The van der Waals surface area contributed by atoms with Crippen molar-refractivity contribution >= 4 is 0 Å². The van der Waals surface area contributed by atoms with Crippen LogP contribution in [-0.2, 0) is 0 Å². The van der Waals surface area contributed by atoms with Gasteiger partial charge in [-0.25, -0.2) is 0 Å². The summed E-state index contributed by atoms with van der Waals surface area (Å²) in [5.74, 6) is 1.69. The van der Waals surface area contributed by atoms with Crippen LogP contribution in [0.3, 0.4) is 0 Å². The molecule has 0 aromatic heterocycles. The van der Waals surface area contributed by atoms with Gasteiger partial charge in [0, 0.05) is 12.1 Å². The summed E-state index contributed by atoms with van der Waals surface area (Å²) >= 11 is 0. The van der Waals surface area contributed by atoms with Crippen LogP contribution >= 0.6 is 0 Å². The Morgan fingerprint density at radius 1 is 1.12 bits per heavy atom. The van der Waals surface area contributed by atoms with E-state index in [1.165, 1.54) is 51.6 Å². The van der Waals surface area contributed by atoms with Crippen molar-refractivity contribution in [1.29, 1.82) is 0 Å². The normalized spacial score (nSPS) is 30.2. The van der Waals surface area contributed by atoms with Gasteiger partial charge in [0.15, 0.2) is 0 Å². The van der Waals surface area contributed by atoms with E-state index in [1.54, 1.807) is 0 Å². The van der Waals surface area contributed by atoms with Gasteiger partial charge in [-0.15, -0.1) is 0 Å². The van der Waals surface area contributed by atoms with Crippen molar-refractivity contribution in [1.82, 2.24) is 10.2 Å². The minimum absolute atomic E-state index is 0.779. The molecule has 0 bridgehead atoms. The summed E-state index contributed by atoms with van der Waals surface area (Å²) < 4.78 is 0. The first-order valence-corrected chi connectivity index (χ1v) is 7.61. The standard InChI is InChI=1S/C15H30N2/c1-12(2)10-16-11-13-8-9-15(13)17(3)14-6-4-5-7-14/h12-16H,4-11H2,1-3H3. The molecule has 0 saturated heterocycles. The quantitative estimate of drug-likeness (QED) is 0.765. The Labute approximate surface area is 107 Å². The number of hydrogen-bond acceptors (Lipinski definition) is 2. The van der Waals surface area contributed by atoms with Crippen molar-refractivity contribution in [3.8, 4) is 0 Å². The van der Waals surface area contributed by atoms with Crippen molar-refractivity contribution in [2.45, 2.75) is 64.5 Å². The third-order valence-corrected chi connectivity index (χ3v) is 4.76. The first kappa shape index (κ1) is 13.4. The van der Waals surface area contributed by atoms with E-state index in [-0.39, 0.29) is 0 Å². The third kappa shape index (κ3) is 3.45. The van der Waals surface area contributed by atoms with E-state index in [1.807, 2.05) is 0 Å². The average Bonchev–Trinajstić information content (AvgIpc) is 2.75. The summed E-state index contributed by atoms with van der Waals surface area (Å²) in [6, 6.07) is 1.77. The van der Waals surface area contributed by atoms with E-state index in [4.69, 9.17) is 0 Å². The summed E-state index contributed by atoms with van der Waals surface area (Å²) in [5, 5.41) is 3.64. The van der Waals surface area contributed by atoms with Crippen LogP contribution in [0.15, 0.2) is 0 Å². The molecule has 2 unspecified atom stereocenters. The number of nitrogens with zero attached hydrogens (tertiary/aromatic N) is 1. The summed E-state index contributed by atoms with van der Waals surface area (Å²) in [6.45, 7) is 6.99. The van der Waals surface area contributed by atoms with Crippen molar-refractivity contribution in [3.05, 3.63) is 0 Å². The zero-order valence-corrected chi connectivity index (χ0v) is 11.9. The SMILES string of the molecule is CC(C)CNCC1CCC1N(C)C1CCCC1. The van der Waals surface area contributed by atoms with Crippen LogP contribution in [0.5, 0.6) is 0 Å². The summed E-state index contributed by atoms with van der Waals surface area (Å²) in [4.78, 5) is 2.71. The van der Waals surface area contributed by atoms with Gasteiger partial charge in [-0.3, -0.25) is 0 Å². The lowest BCUT2D eigenvalue weighted by atomic mass is 9.78. The maximum atomic E-state index is 3.64. The highest BCUT2D eigenvalue weighted by Gasteiger charge is 2.36. The van der Waals surface area contributed by atoms with Crippen LogP contribution in [0, 0.1) is 11.8 Å². The molecule has 17 heavy (non-hydrogen) atoms. The van der Waals surface area contributed by atoms with E-state index in [0.29, 0.717) is 0 Å². The summed E-state index contributed by atoms with van der Waals surface area (Å²) in [5.41, 5.74) is 0. The van der Waals surface area contributed by atoms with Crippen molar-refractivity contribution in [3.63, 3.8) is 0 Å². The van der Waals surface area contributed by atoms with Gasteiger partial charge in [-0.2, -0.15) is 0 Å². The molecule has 0 aromatic carbocycles. The Kier molecular flexibility index (Phi) is 4.87. The van der Waals surface area contributed by atoms with E-state index in [2.05, 4.69) is 31.1 Å². The lowest BCUT2D eigenvalue weighted by Crippen LogP contribution is -2.52. The molecule has 2 aliphatic carbocycles. The monoisotopic (exact) mass is 238 g/mol. The van der Waals surface area contributed by atoms with Crippen molar-refractivity contribution in [2.75, 3.05) is 20.1 Å². The van der Waals surface area contributed by atoms with E-state index >= 15 is 0 Å². The van der Waals surface area contributed by atoms with Crippen LogP contribution in [0.25, 0.3) is 0 Å². The van der Waals surface area contributed by atoms with Gasteiger partial charge in [0.05, 0.1) is 0 Å². The van der Waals surface area contributed by atoms with Gasteiger partial charge in [0.1, 0.15) is 0 Å². The largest absolute Gasteiger partial charge is 0.316 e. The maximum absolute atomic E-state index is 3.64. The highest BCUT2D eigenvalue weighted by atomic mass is 15.2. The molecule has 100 valence electrons. The molecule has 2 fully saturated rings. The summed E-state index contributed by atoms with van der Waals surface area (Å²) in [6.07, 6.45) is 8.67. The van der Waals surface area contributed by atoms with Crippen molar-refractivity contribution in [2.24, 2.45) is 11.8 Å². The van der Waals surface area contributed by atoms with Gasteiger partial charge in [0.25, 0.3) is 0 Å². The summed E-state index contributed by atoms with van der Waals surface area (Å²) in [7, 11) is 2.37. The maximum Gasteiger partial charge on any atom is 0.0136 e. The molecule has 0 aliphatic heterocycles. The number of hydrogen-bond donors (Lipinski definition) is 1. The molecule has 2 aliphatic rings. The molecule has 1 N–H and O–H groups in total. The topological polar surface area (TPSA) is 15.3 Å². The van der Waals surface area contributed by atoms with E-state index in [9.17, 15) is 0 Å².